The summed E-state index contributed by atoms with van der Waals surface area (Å²) in [6.45, 7) is 6.65. The van der Waals surface area contributed by atoms with Crippen LogP contribution in [0.25, 0.3) is 0 Å². The van der Waals surface area contributed by atoms with Crippen molar-refractivity contribution in [1.29, 1.82) is 0 Å². The van der Waals surface area contributed by atoms with E-state index in [1.807, 2.05) is 0 Å². The Morgan fingerprint density at radius 3 is 2.76 bits per heavy atom. The summed E-state index contributed by atoms with van der Waals surface area (Å²) in [6.07, 6.45) is 16.8. The zero-order valence-corrected chi connectivity index (χ0v) is 14.2. The number of hydrogen-bond donors (Lipinski definition) is 0. The molecule has 3 atom stereocenters. The van der Waals surface area contributed by atoms with Gasteiger partial charge in [0.15, 0.2) is 0 Å². The van der Waals surface area contributed by atoms with Crippen molar-refractivity contribution in [3.05, 3.63) is 24.3 Å². The predicted octanol–water partition coefficient (Wildman–Crippen LogP) is 5.29. The van der Waals surface area contributed by atoms with Gasteiger partial charge in [-0.05, 0) is 43.4 Å². The van der Waals surface area contributed by atoms with E-state index in [0.717, 1.165) is 25.7 Å². The Morgan fingerprint density at radius 1 is 1.43 bits per heavy atom. The minimum absolute atomic E-state index is 0.0136. The summed E-state index contributed by atoms with van der Waals surface area (Å²) in [7, 11) is 1.51. The van der Waals surface area contributed by atoms with Crippen LogP contribution in [0.1, 0.15) is 65.7 Å². The van der Waals surface area contributed by atoms with E-state index < -0.39 is 0 Å². The summed E-state index contributed by atoms with van der Waals surface area (Å²) in [5.41, 5.74) is -0.0206. The smallest absolute Gasteiger partial charge is 0.309 e. The second kappa shape index (κ2) is 9.07. The minimum atomic E-state index is -0.0501. The molecule has 0 amide bonds. The standard InChI is InChI=1S/C19H32O2/c1-5-6-7-8-9-12-16(2)15-17(18(20)21-4)19(3)13-10-11-14-19/h8-10,13,16-17H,5-7,11-12,14-15H2,1-4H3/b9-8-/t16-,17?,19+/m0/s1. The van der Waals surface area contributed by atoms with E-state index in [0.29, 0.717) is 5.92 Å². The van der Waals surface area contributed by atoms with Gasteiger partial charge in [-0.3, -0.25) is 4.79 Å². The maximum Gasteiger partial charge on any atom is 0.309 e. The lowest BCUT2D eigenvalue weighted by Crippen LogP contribution is -2.33. The molecule has 0 aromatic carbocycles. The number of hydrogen-bond acceptors (Lipinski definition) is 2. The van der Waals surface area contributed by atoms with E-state index in [-0.39, 0.29) is 17.3 Å². The van der Waals surface area contributed by atoms with Crippen molar-refractivity contribution >= 4 is 5.97 Å². The molecule has 0 radical (unpaired) electrons. The van der Waals surface area contributed by atoms with Crippen LogP contribution in [0, 0.1) is 17.3 Å². The van der Waals surface area contributed by atoms with Crippen LogP contribution in [0.5, 0.6) is 0 Å². The number of rotatable bonds is 9. The van der Waals surface area contributed by atoms with Crippen molar-refractivity contribution in [3.63, 3.8) is 0 Å². The first kappa shape index (κ1) is 18.0. The Balaban J connectivity index is 2.55. The predicted molar refractivity (Wildman–Crippen MR) is 89.1 cm³/mol. The molecule has 0 saturated heterocycles. The average Bonchev–Trinajstić information content (AvgIpc) is 2.91. The summed E-state index contributed by atoms with van der Waals surface area (Å²) < 4.78 is 5.06. The molecular formula is C19H32O2. The minimum Gasteiger partial charge on any atom is -0.469 e. The highest BCUT2D eigenvalue weighted by Gasteiger charge is 2.39. The molecule has 1 rings (SSSR count). The lowest BCUT2D eigenvalue weighted by molar-refractivity contribution is -0.149. The molecule has 1 aliphatic rings. The summed E-state index contributed by atoms with van der Waals surface area (Å²) in [6, 6.07) is 0. The Kier molecular flexibility index (Phi) is 7.77. The first-order valence-electron chi connectivity index (χ1n) is 8.44. The van der Waals surface area contributed by atoms with Gasteiger partial charge in [0.05, 0.1) is 13.0 Å². The highest BCUT2D eigenvalue weighted by atomic mass is 16.5. The van der Waals surface area contributed by atoms with Crippen molar-refractivity contribution in [3.8, 4) is 0 Å². The van der Waals surface area contributed by atoms with Crippen molar-refractivity contribution in [1.82, 2.24) is 0 Å². The first-order chi connectivity index (χ1) is 10.0. The number of carbonyl (C=O) groups is 1. The fraction of sp³-hybridized carbons (Fsp3) is 0.737. The topological polar surface area (TPSA) is 26.3 Å². The fourth-order valence-electron chi connectivity index (χ4n) is 3.16. The van der Waals surface area contributed by atoms with Gasteiger partial charge in [0.25, 0.3) is 0 Å². The van der Waals surface area contributed by atoms with Gasteiger partial charge in [0.1, 0.15) is 0 Å². The molecule has 0 aromatic rings. The molecule has 0 spiro atoms. The van der Waals surface area contributed by atoms with E-state index in [1.165, 1.54) is 26.4 Å². The van der Waals surface area contributed by atoms with Gasteiger partial charge >= 0.3 is 5.97 Å². The molecule has 0 bridgehead atoms. The summed E-state index contributed by atoms with van der Waals surface area (Å²) in [5, 5.41) is 0. The molecule has 1 unspecified atom stereocenters. The molecule has 0 aliphatic heterocycles. The van der Waals surface area contributed by atoms with Crippen molar-refractivity contribution < 1.29 is 9.53 Å². The maximum atomic E-state index is 12.2. The van der Waals surface area contributed by atoms with E-state index in [4.69, 9.17) is 4.74 Å². The Bertz CT molecular complexity index is 370. The first-order valence-corrected chi connectivity index (χ1v) is 8.44. The van der Waals surface area contributed by atoms with Gasteiger partial charge in [0, 0.05) is 0 Å². The van der Waals surface area contributed by atoms with Gasteiger partial charge in [-0.2, -0.15) is 0 Å². The molecule has 0 fully saturated rings. The molecule has 120 valence electrons. The number of esters is 1. The Labute approximate surface area is 130 Å². The molecule has 0 N–H and O–H groups in total. The lowest BCUT2D eigenvalue weighted by atomic mass is 9.72. The molecule has 0 heterocycles. The number of carbonyl (C=O) groups excluding carboxylic acids is 1. The normalized spacial score (nSPS) is 24.4. The van der Waals surface area contributed by atoms with Crippen LogP contribution in [0.4, 0.5) is 0 Å². The van der Waals surface area contributed by atoms with Crippen LogP contribution in [-0.2, 0) is 9.53 Å². The monoisotopic (exact) mass is 292 g/mol. The molecule has 2 heteroatoms. The average molecular weight is 292 g/mol. The molecule has 0 aromatic heterocycles. The van der Waals surface area contributed by atoms with E-state index in [2.05, 4.69) is 45.1 Å². The zero-order chi connectivity index (χ0) is 15.7. The van der Waals surface area contributed by atoms with E-state index in [9.17, 15) is 4.79 Å². The Morgan fingerprint density at radius 2 is 2.19 bits per heavy atom. The third kappa shape index (κ3) is 5.68. The number of allylic oxidation sites excluding steroid dienone is 4. The molecule has 0 saturated carbocycles. The van der Waals surface area contributed by atoms with Gasteiger partial charge in [0.2, 0.25) is 0 Å². The molecular weight excluding hydrogens is 260 g/mol. The fourth-order valence-corrected chi connectivity index (χ4v) is 3.16. The van der Waals surface area contributed by atoms with Crippen molar-refractivity contribution in [2.45, 2.75) is 65.7 Å². The second-order valence-electron chi connectivity index (χ2n) is 6.71. The summed E-state index contributed by atoms with van der Waals surface area (Å²) in [5.74, 6) is 0.448. The number of ether oxygens (including phenoxy) is 1. The highest BCUT2D eigenvalue weighted by molar-refractivity contribution is 5.73. The SMILES string of the molecule is CCCC/C=C\C[C@H](C)CC(C(=O)OC)[C@]1(C)C=CCC1. The van der Waals surface area contributed by atoms with Crippen LogP contribution >= 0.6 is 0 Å². The molecule has 2 nitrogen and oxygen atoms in total. The summed E-state index contributed by atoms with van der Waals surface area (Å²) >= 11 is 0. The van der Waals surface area contributed by atoms with Crippen LogP contribution in [0.2, 0.25) is 0 Å². The largest absolute Gasteiger partial charge is 0.469 e. The number of unbranched alkanes of at least 4 members (excludes halogenated alkanes) is 2. The maximum absolute atomic E-state index is 12.2. The third-order valence-electron chi connectivity index (χ3n) is 4.70. The van der Waals surface area contributed by atoms with Crippen LogP contribution in [0.15, 0.2) is 24.3 Å². The molecule has 1 aliphatic carbocycles. The second-order valence-corrected chi connectivity index (χ2v) is 6.71. The number of methoxy groups -OCH3 is 1. The van der Waals surface area contributed by atoms with E-state index in [1.54, 1.807) is 0 Å². The van der Waals surface area contributed by atoms with Crippen LogP contribution in [-0.4, -0.2) is 13.1 Å². The van der Waals surface area contributed by atoms with Crippen molar-refractivity contribution in [2.24, 2.45) is 17.3 Å². The highest BCUT2D eigenvalue weighted by Crippen LogP contribution is 2.42. The molecule has 21 heavy (non-hydrogen) atoms. The van der Waals surface area contributed by atoms with Gasteiger partial charge in [-0.15, -0.1) is 0 Å². The van der Waals surface area contributed by atoms with Crippen molar-refractivity contribution in [2.75, 3.05) is 7.11 Å². The van der Waals surface area contributed by atoms with Gasteiger partial charge in [-0.25, -0.2) is 0 Å². The summed E-state index contributed by atoms with van der Waals surface area (Å²) in [4.78, 5) is 12.2. The quantitative estimate of drug-likeness (QED) is 0.328. The Hall–Kier alpha value is -1.05. The van der Waals surface area contributed by atoms with E-state index >= 15 is 0 Å². The van der Waals surface area contributed by atoms with Gasteiger partial charge in [-0.1, -0.05) is 57.9 Å². The van der Waals surface area contributed by atoms with Gasteiger partial charge < -0.3 is 4.74 Å². The zero-order valence-electron chi connectivity index (χ0n) is 14.2. The van der Waals surface area contributed by atoms with Crippen LogP contribution in [0.3, 0.4) is 0 Å². The van der Waals surface area contributed by atoms with Crippen LogP contribution < -0.4 is 0 Å². The lowest BCUT2D eigenvalue weighted by Gasteiger charge is -2.32. The third-order valence-corrected chi connectivity index (χ3v) is 4.70.